The van der Waals surface area contributed by atoms with E-state index in [0.717, 1.165) is 29.0 Å². The number of halogens is 1. The first kappa shape index (κ1) is 17.1. The van der Waals surface area contributed by atoms with Gasteiger partial charge in [-0.15, -0.1) is 12.4 Å². The molecule has 3 nitrogen and oxygen atoms in total. The van der Waals surface area contributed by atoms with Gasteiger partial charge in [0.25, 0.3) is 0 Å². The molecule has 4 heteroatoms. The van der Waals surface area contributed by atoms with Gasteiger partial charge in [-0.3, -0.25) is 0 Å². The Kier molecular flexibility index (Phi) is 7.11. The fourth-order valence-corrected chi connectivity index (χ4v) is 1.94. The van der Waals surface area contributed by atoms with Gasteiger partial charge in [-0.2, -0.15) is 0 Å². The highest BCUT2D eigenvalue weighted by Gasteiger charge is 2.22. The number of hydrogen-bond donors (Lipinski definition) is 1. The number of aryl methyl sites for hydroxylation is 1. The smallest absolute Gasteiger partial charge is 0.127 e. The Bertz CT molecular complexity index is 357. The van der Waals surface area contributed by atoms with Gasteiger partial charge in [0.15, 0.2) is 0 Å². The maximum absolute atomic E-state index is 6.29. The molecule has 18 heavy (non-hydrogen) atoms. The lowest BCUT2D eigenvalue weighted by Gasteiger charge is -2.23. The quantitative estimate of drug-likeness (QED) is 0.893. The van der Waals surface area contributed by atoms with Crippen LogP contribution in [0, 0.1) is 12.8 Å². The molecule has 0 bridgehead atoms. The predicted molar refractivity (Wildman–Crippen MR) is 77.9 cm³/mol. The molecule has 0 amide bonds. The molecule has 0 aliphatic rings. The van der Waals surface area contributed by atoms with E-state index in [-0.39, 0.29) is 18.4 Å². The molecule has 0 spiro atoms. The van der Waals surface area contributed by atoms with E-state index in [0.29, 0.717) is 5.92 Å². The lowest BCUT2D eigenvalue weighted by Crippen LogP contribution is -2.20. The highest BCUT2D eigenvalue weighted by molar-refractivity contribution is 5.85. The molecule has 0 aromatic heterocycles. The second-order valence-corrected chi connectivity index (χ2v) is 4.49. The summed E-state index contributed by atoms with van der Waals surface area (Å²) < 4.78 is 10.8. The lowest BCUT2D eigenvalue weighted by molar-refractivity contribution is 0.359. The van der Waals surface area contributed by atoms with Gasteiger partial charge in [-0.25, -0.2) is 0 Å². The molecule has 2 atom stereocenters. The van der Waals surface area contributed by atoms with Crippen molar-refractivity contribution in [2.24, 2.45) is 11.7 Å². The van der Waals surface area contributed by atoms with Gasteiger partial charge in [0.05, 0.1) is 19.8 Å². The maximum Gasteiger partial charge on any atom is 0.127 e. The molecule has 0 radical (unpaired) electrons. The summed E-state index contributed by atoms with van der Waals surface area (Å²) in [6, 6.07) is 3.94. The normalized spacial score (nSPS) is 13.4. The van der Waals surface area contributed by atoms with Gasteiger partial charge >= 0.3 is 0 Å². The van der Waals surface area contributed by atoms with E-state index in [1.165, 1.54) is 0 Å². The fourth-order valence-electron chi connectivity index (χ4n) is 1.94. The Hall–Kier alpha value is -0.930. The third-order valence-corrected chi connectivity index (χ3v) is 3.28. The van der Waals surface area contributed by atoms with Crippen LogP contribution in [0.2, 0.25) is 0 Å². The fraction of sp³-hybridized carbons (Fsp3) is 0.571. The monoisotopic (exact) mass is 273 g/mol. The van der Waals surface area contributed by atoms with Gasteiger partial charge in [-0.05, 0) is 30.5 Å². The van der Waals surface area contributed by atoms with Crippen LogP contribution in [0.1, 0.15) is 37.4 Å². The van der Waals surface area contributed by atoms with E-state index in [1.54, 1.807) is 14.2 Å². The van der Waals surface area contributed by atoms with Crippen LogP contribution in [0.4, 0.5) is 0 Å². The number of benzene rings is 1. The molecule has 0 saturated heterocycles. The van der Waals surface area contributed by atoms with Gasteiger partial charge in [-0.1, -0.05) is 20.3 Å². The molecule has 0 fully saturated rings. The summed E-state index contributed by atoms with van der Waals surface area (Å²) in [5.74, 6) is 2.02. The summed E-state index contributed by atoms with van der Waals surface area (Å²) in [5.41, 5.74) is 8.37. The standard InChI is InChI=1S/C14H23NO2.ClH/c1-6-10(3)14(15)13-11(16-4)7-9(2)8-12(13)17-5;/h7-8,10,14H,6,15H2,1-5H3;1H/t10?,14-;/m0./s1. The van der Waals surface area contributed by atoms with Crippen molar-refractivity contribution in [3.8, 4) is 11.5 Å². The zero-order valence-electron chi connectivity index (χ0n) is 11.8. The van der Waals surface area contributed by atoms with E-state index >= 15 is 0 Å². The molecular weight excluding hydrogens is 250 g/mol. The number of methoxy groups -OCH3 is 2. The van der Waals surface area contributed by atoms with Gasteiger partial charge in [0, 0.05) is 6.04 Å². The molecule has 0 saturated carbocycles. The summed E-state index contributed by atoms with van der Waals surface area (Å²) in [7, 11) is 3.34. The first-order chi connectivity index (χ1) is 8.04. The van der Waals surface area contributed by atoms with E-state index in [1.807, 2.05) is 19.1 Å². The van der Waals surface area contributed by atoms with E-state index < -0.39 is 0 Å². The summed E-state index contributed by atoms with van der Waals surface area (Å²) in [5, 5.41) is 0. The predicted octanol–water partition coefficient (Wildman–Crippen LogP) is 3.48. The molecule has 1 rings (SSSR count). The van der Waals surface area contributed by atoms with E-state index in [4.69, 9.17) is 15.2 Å². The number of hydrogen-bond acceptors (Lipinski definition) is 3. The number of ether oxygens (including phenoxy) is 2. The van der Waals surface area contributed by atoms with Crippen molar-refractivity contribution < 1.29 is 9.47 Å². The molecule has 0 heterocycles. The van der Waals surface area contributed by atoms with Crippen LogP contribution >= 0.6 is 12.4 Å². The first-order valence-corrected chi connectivity index (χ1v) is 6.03. The summed E-state index contributed by atoms with van der Waals surface area (Å²) in [6.07, 6.45) is 1.03. The van der Waals surface area contributed by atoms with Crippen molar-refractivity contribution in [2.45, 2.75) is 33.2 Å². The number of rotatable bonds is 5. The van der Waals surface area contributed by atoms with E-state index in [2.05, 4.69) is 13.8 Å². The summed E-state index contributed by atoms with van der Waals surface area (Å²) in [4.78, 5) is 0. The number of nitrogens with two attached hydrogens (primary N) is 1. The largest absolute Gasteiger partial charge is 0.496 e. The van der Waals surface area contributed by atoms with Crippen LogP contribution < -0.4 is 15.2 Å². The Morgan fingerprint density at radius 1 is 1.17 bits per heavy atom. The topological polar surface area (TPSA) is 44.5 Å². The molecular formula is C14H24ClNO2. The average molecular weight is 274 g/mol. The van der Waals surface area contributed by atoms with Crippen LogP contribution in [0.15, 0.2) is 12.1 Å². The molecule has 0 aliphatic heterocycles. The second-order valence-electron chi connectivity index (χ2n) is 4.49. The van der Waals surface area contributed by atoms with Crippen LogP contribution in [0.5, 0.6) is 11.5 Å². The Morgan fingerprint density at radius 3 is 1.94 bits per heavy atom. The minimum atomic E-state index is -0.0644. The third-order valence-electron chi connectivity index (χ3n) is 3.28. The molecule has 1 aromatic carbocycles. The van der Waals surface area contributed by atoms with Gasteiger partial charge in [0.2, 0.25) is 0 Å². The van der Waals surface area contributed by atoms with Crippen molar-refractivity contribution in [1.29, 1.82) is 0 Å². The maximum atomic E-state index is 6.29. The van der Waals surface area contributed by atoms with Gasteiger partial charge in [0.1, 0.15) is 11.5 Å². The average Bonchev–Trinajstić information content (AvgIpc) is 2.35. The van der Waals surface area contributed by atoms with Crippen LogP contribution in [-0.4, -0.2) is 14.2 Å². The molecule has 104 valence electrons. The Balaban J connectivity index is 0.00000289. The lowest BCUT2D eigenvalue weighted by atomic mass is 9.91. The van der Waals surface area contributed by atoms with E-state index in [9.17, 15) is 0 Å². The summed E-state index contributed by atoms with van der Waals surface area (Å²) in [6.45, 7) is 6.30. The molecule has 1 aromatic rings. The summed E-state index contributed by atoms with van der Waals surface area (Å²) >= 11 is 0. The highest BCUT2D eigenvalue weighted by Crippen LogP contribution is 2.38. The second kappa shape index (κ2) is 7.49. The first-order valence-electron chi connectivity index (χ1n) is 6.03. The van der Waals surface area contributed by atoms with Crippen molar-refractivity contribution in [3.63, 3.8) is 0 Å². The Labute approximate surface area is 116 Å². The zero-order chi connectivity index (χ0) is 13.0. The Morgan fingerprint density at radius 2 is 1.61 bits per heavy atom. The molecule has 1 unspecified atom stereocenters. The van der Waals surface area contributed by atoms with Crippen molar-refractivity contribution in [2.75, 3.05) is 14.2 Å². The van der Waals surface area contributed by atoms with Gasteiger partial charge < -0.3 is 15.2 Å². The minimum absolute atomic E-state index is 0. The SMILES string of the molecule is CCC(C)[C@H](N)c1c(OC)cc(C)cc1OC.Cl. The van der Waals surface area contributed by atoms with Crippen molar-refractivity contribution >= 4 is 12.4 Å². The molecule has 0 aliphatic carbocycles. The van der Waals surface area contributed by atoms with Crippen LogP contribution in [-0.2, 0) is 0 Å². The third kappa shape index (κ3) is 3.53. The molecule has 2 N–H and O–H groups in total. The van der Waals surface area contributed by atoms with Crippen LogP contribution in [0.3, 0.4) is 0 Å². The van der Waals surface area contributed by atoms with Crippen molar-refractivity contribution in [1.82, 2.24) is 0 Å². The van der Waals surface area contributed by atoms with Crippen LogP contribution in [0.25, 0.3) is 0 Å². The minimum Gasteiger partial charge on any atom is -0.496 e. The highest BCUT2D eigenvalue weighted by atomic mass is 35.5. The van der Waals surface area contributed by atoms with Crippen molar-refractivity contribution in [3.05, 3.63) is 23.3 Å². The zero-order valence-corrected chi connectivity index (χ0v) is 12.6.